The van der Waals surface area contributed by atoms with Gasteiger partial charge in [0.1, 0.15) is 0 Å². The van der Waals surface area contributed by atoms with Crippen LogP contribution in [0.1, 0.15) is 47.2 Å². The smallest absolute Gasteiger partial charge is 0.254 e. The minimum absolute atomic E-state index is 0.254. The topological polar surface area (TPSA) is 20.3 Å². The van der Waals surface area contributed by atoms with Gasteiger partial charge in [0.25, 0.3) is 5.91 Å². The number of amides is 1. The molecule has 1 aromatic carbocycles. The van der Waals surface area contributed by atoms with Crippen molar-refractivity contribution >= 4 is 17.7 Å². The van der Waals surface area contributed by atoms with E-state index in [2.05, 4.69) is 31.1 Å². The normalized spacial score (nSPS) is 28.8. The van der Waals surface area contributed by atoms with Gasteiger partial charge in [-0.2, -0.15) is 11.8 Å². The maximum atomic E-state index is 12.9. The summed E-state index contributed by atoms with van der Waals surface area (Å²) in [7, 11) is 0. The van der Waals surface area contributed by atoms with Gasteiger partial charge >= 0.3 is 0 Å². The van der Waals surface area contributed by atoms with Crippen molar-refractivity contribution in [2.24, 2.45) is 0 Å². The van der Waals surface area contributed by atoms with Crippen molar-refractivity contribution in [2.75, 3.05) is 6.26 Å². The molecule has 20 heavy (non-hydrogen) atoms. The molecular weight excluding hydrogens is 266 g/mol. The number of thioether (sulfide) groups is 1. The van der Waals surface area contributed by atoms with Crippen molar-refractivity contribution in [3.63, 3.8) is 0 Å². The summed E-state index contributed by atoms with van der Waals surface area (Å²) >= 11 is 1.97. The highest BCUT2D eigenvalue weighted by Gasteiger charge is 2.43. The number of carbonyl (C=O) groups excluding carboxylic acids is 1. The van der Waals surface area contributed by atoms with E-state index in [-0.39, 0.29) is 5.91 Å². The standard InChI is InChI=1S/C17H23NOS/c1-11-6-12(2)8-13(7-11)17(19)18-14-4-5-15(18)10-16(9-14)20-3/h6-8,14-16H,4-5,9-10H2,1-3H3. The first-order chi connectivity index (χ1) is 9.58. The minimum Gasteiger partial charge on any atom is -0.333 e. The molecule has 2 aliphatic rings. The van der Waals surface area contributed by atoms with Crippen LogP contribution in [0.2, 0.25) is 0 Å². The Morgan fingerprint density at radius 3 is 2.15 bits per heavy atom. The number of aryl methyl sites for hydroxylation is 2. The van der Waals surface area contributed by atoms with Gasteiger partial charge in [0, 0.05) is 22.9 Å². The molecule has 3 rings (SSSR count). The third-order valence-electron chi connectivity index (χ3n) is 4.73. The molecule has 0 spiro atoms. The highest BCUT2D eigenvalue weighted by molar-refractivity contribution is 7.99. The Morgan fingerprint density at radius 1 is 1.10 bits per heavy atom. The van der Waals surface area contributed by atoms with Crippen molar-refractivity contribution in [1.82, 2.24) is 4.90 Å². The molecular formula is C17H23NOS. The van der Waals surface area contributed by atoms with Crippen molar-refractivity contribution in [1.29, 1.82) is 0 Å². The molecule has 108 valence electrons. The molecule has 0 N–H and O–H groups in total. The predicted molar refractivity (Wildman–Crippen MR) is 85.4 cm³/mol. The van der Waals surface area contributed by atoms with E-state index in [0.717, 1.165) is 10.8 Å². The number of fused-ring (bicyclic) bond motifs is 2. The van der Waals surface area contributed by atoms with Gasteiger partial charge in [-0.3, -0.25) is 4.79 Å². The number of rotatable bonds is 2. The Bertz CT molecular complexity index is 493. The van der Waals surface area contributed by atoms with Gasteiger partial charge in [0.2, 0.25) is 0 Å². The second-order valence-corrected chi connectivity index (χ2v) is 7.44. The fraction of sp³-hybridized carbons (Fsp3) is 0.588. The van der Waals surface area contributed by atoms with Gasteiger partial charge in [-0.05, 0) is 57.9 Å². The molecule has 2 fully saturated rings. The van der Waals surface area contributed by atoms with Crippen molar-refractivity contribution < 1.29 is 4.79 Å². The molecule has 0 saturated carbocycles. The number of piperidine rings is 1. The molecule has 3 heteroatoms. The molecule has 0 aromatic heterocycles. The molecule has 2 unspecified atom stereocenters. The molecule has 0 aliphatic carbocycles. The summed E-state index contributed by atoms with van der Waals surface area (Å²) in [6.07, 6.45) is 6.93. The Labute approximate surface area is 125 Å². The lowest BCUT2D eigenvalue weighted by molar-refractivity contribution is 0.0601. The number of carbonyl (C=O) groups is 1. The molecule has 2 heterocycles. The first-order valence-corrected chi connectivity index (χ1v) is 8.81. The van der Waals surface area contributed by atoms with Crippen molar-refractivity contribution in [3.8, 4) is 0 Å². The van der Waals surface area contributed by atoms with E-state index < -0.39 is 0 Å². The van der Waals surface area contributed by atoms with Crippen LogP contribution in [-0.4, -0.2) is 34.4 Å². The van der Waals surface area contributed by atoms with Crippen LogP contribution in [0, 0.1) is 13.8 Å². The van der Waals surface area contributed by atoms with Gasteiger partial charge in [-0.25, -0.2) is 0 Å². The minimum atomic E-state index is 0.254. The number of nitrogens with zero attached hydrogens (tertiary/aromatic N) is 1. The average molecular weight is 289 g/mol. The van der Waals surface area contributed by atoms with Crippen molar-refractivity contribution in [3.05, 3.63) is 34.9 Å². The van der Waals surface area contributed by atoms with Gasteiger partial charge in [0.05, 0.1) is 0 Å². The lowest BCUT2D eigenvalue weighted by Crippen LogP contribution is -2.47. The van der Waals surface area contributed by atoms with Crippen LogP contribution in [0.15, 0.2) is 18.2 Å². The number of benzene rings is 1. The summed E-state index contributed by atoms with van der Waals surface area (Å²) in [5.74, 6) is 0.254. The average Bonchev–Trinajstić information content (AvgIpc) is 2.67. The first-order valence-electron chi connectivity index (χ1n) is 7.52. The lowest BCUT2D eigenvalue weighted by atomic mass is 9.99. The van der Waals surface area contributed by atoms with Gasteiger partial charge in [0.15, 0.2) is 0 Å². The second kappa shape index (κ2) is 5.44. The summed E-state index contributed by atoms with van der Waals surface area (Å²) in [6, 6.07) is 7.15. The SMILES string of the molecule is CSC1CC2CCC(C1)N2C(=O)c1cc(C)cc(C)c1. The Kier molecular flexibility index (Phi) is 3.80. The van der Waals surface area contributed by atoms with Gasteiger partial charge < -0.3 is 4.90 Å². The molecule has 1 aromatic rings. The Morgan fingerprint density at radius 2 is 1.65 bits per heavy atom. The maximum Gasteiger partial charge on any atom is 0.254 e. The maximum absolute atomic E-state index is 12.9. The zero-order valence-corrected chi connectivity index (χ0v) is 13.4. The fourth-order valence-electron chi connectivity index (χ4n) is 3.90. The number of hydrogen-bond donors (Lipinski definition) is 0. The van der Waals surface area contributed by atoms with Crippen LogP contribution in [0.25, 0.3) is 0 Å². The zero-order chi connectivity index (χ0) is 14.3. The van der Waals surface area contributed by atoms with Gasteiger partial charge in [-0.15, -0.1) is 0 Å². The van der Waals surface area contributed by atoms with Crippen LogP contribution in [0.4, 0.5) is 0 Å². The van der Waals surface area contributed by atoms with E-state index in [1.807, 2.05) is 23.9 Å². The van der Waals surface area contributed by atoms with E-state index in [4.69, 9.17) is 0 Å². The molecule has 2 atom stereocenters. The largest absolute Gasteiger partial charge is 0.333 e. The second-order valence-electron chi connectivity index (χ2n) is 6.30. The lowest BCUT2D eigenvalue weighted by Gasteiger charge is -2.38. The summed E-state index contributed by atoms with van der Waals surface area (Å²) in [6.45, 7) is 4.14. The molecule has 2 nitrogen and oxygen atoms in total. The number of hydrogen-bond acceptors (Lipinski definition) is 2. The highest BCUT2D eigenvalue weighted by atomic mass is 32.2. The van der Waals surface area contributed by atoms with E-state index in [1.165, 1.54) is 36.8 Å². The van der Waals surface area contributed by atoms with Crippen LogP contribution in [0.5, 0.6) is 0 Å². The van der Waals surface area contributed by atoms with Crippen LogP contribution in [-0.2, 0) is 0 Å². The van der Waals surface area contributed by atoms with Gasteiger partial charge in [-0.1, -0.05) is 17.2 Å². The third kappa shape index (κ3) is 2.48. The quantitative estimate of drug-likeness (QED) is 0.825. The molecule has 2 aliphatic heterocycles. The van der Waals surface area contributed by atoms with Crippen LogP contribution in [0.3, 0.4) is 0 Å². The molecule has 2 bridgehead atoms. The Hall–Kier alpha value is -0.960. The monoisotopic (exact) mass is 289 g/mol. The first kappa shape index (κ1) is 14.0. The van der Waals surface area contributed by atoms with Crippen LogP contribution >= 0.6 is 11.8 Å². The highest BCUT2D eigenvalue weighted by Crippen LogP contribution is 2.40. The third-order valence-corrected chi connectivity index (χ3v) is 5.78. The zero-order valence-electron chi connectivity index (χ0n) is 12.6. The molecule has 0 radical (unpaired) electrons. The predicted octanol–water partition coefficient (Wildman–Crippen LogP) is 3.80. The summed E-state index contributed by atoms with van der Waals surface area (Å²) in [5, 5.41) is 0.746. The van der Waals surface area contributed by atoms with E-state index in [9.17, 15) is 4.79 Å². The summed E-state index contributed by atoms with van der Waals surface area (Å²) < 4.78 is 0. The summed E-state index contributed by atoms with van der Waals surface area (Å²) in [4.78, 5) is 15.1. The van der Waals surface area contributed by atoms with Crippen LogP contribution < -0.4 is 0 Å². The summed E-state index contributed by atoms with van der Waals surface area (Å²) in [5.41, 5.74) is 3.24. The van der Waals surface area contributed by atoms with E-state index in [0.29, 0.717) is 12.1 Å². The van der Waals surface area contributed by atoms with Crippen molar-refractivity contribution in [2.45, 2.75) is 56.9 Å². The Balaban J connectivity index is 1.84. The molecule has 2 saturated heterocycles. The fourth-order valence-corrected chi connectivity index (χ4v) is 4.73. The van der Waals surface area contributed by atoms with E-state index >= 15 is 0 Å². The molecule has 1 amide bonds. The van der Waals surface area contributed by atoms with E-state index in [1.54, 1.807) is 0 Å².